The molecule has 0 amide bonds. The van der Waals surface area contributed by atoms with Crippen molar-refractivity contribution in [1.82, 2.24) is 4.57 Å². The van der Waals surface area contributed by atoms with E-state index in [1.165, 1.54) is 6.92 Å². The lowest BCUT2D eigenvalue weighted by molar-refractivity contribution is 0.0696. The summed E-state index contributed by atoms with van der Waals surface area (Å²) < 4.78 is 2.14. The number of carboxylic acids is 1. The predicted octanol–water partition coefficient (Wildman–Crippen LogP) is 3.99. The van der Waals surface area contributed by atoms with E-state index in [1.54, 1.807) is 12.1 Å². The summed E-state index contributed by atoms with van der Waals surface area (Å²) in [6.45, 7) is 9.60. The second kappa shape index (κ2) is 5.35. The summed E-state index contributed by atoms with van der Waals surface area (Å²) in [5, 5.41) is 10.0. The van der Waals surface area contributed by atoms with Crippen LogP contribution in [0.3, 0.4) is 0 Å². The Labute approximate surface area is 124 Å². The minimum atomic E-state index is -0.962. The molecule has 2 aromatic rings. The molecule has 2 rings (SSSR count). The molecule has 0 spiro atoms. The van der Waals surface area contributed by atoms with Gasteiger partial charge in [0.2, 0.25) is 0 Å². The molecule has 21 heavy (non-hydrogen) atoms. The smallest absolute Gasteiger partial charge is 0.335 e. The number of carbonyl (C=O) groups is 2. The molecular formula is C17H21NO3. The Hall–Kier alpha value is -2.10. The van der Waals surface area contributed by atoms with Crippen LogP contribution in [0.2, 0.25) is 0 Å². The monoisotopic (exact) mass is 287 g/mol. The molecule has 0 aliphatic rings. The Balaban J connectivity index is 3.03. The lowest BCUT2D eigenvalue weighted by Gasteiger charge is -2.15. The molecule has 1 N–H and O–H groups in total. The number of aromatic carboxylic acids is 1. The summed E-state index contributed by atoms with van der Waals surface area (Å²) in [6, 6.07) is 3.55. The van der Waals surface area contributed by atoms with Gasteiger partial charge in [-0.1, -0.05) is 6.92 Å². The predicted molar refractivity (Wildman–Crippen MR) is 83.4 cm³/mol. The van der Waals surface area contributed by atoms with Crippen LogP contribution in [0.25, 0.3) is 10.9 Å². The normalized spacial score (nSPS) is 11.3. The van der Waals surface area contributed by atoms with E-state index in [0.717, 1.165) is 28.6 Å². The quantitative estimate of drug-likeness (QED) is 0.865. The lowest BCUT2D eigenvalue weighted by atomic mass is 10.0. The van der Waals surface area contributed by atoms with E-state index in [2.05, 4.69) is 18.4 Å². The van der Waals surface area contributed by atoms with Crippen molar-refractivity contribution in [3.8, 4) is 0 Å². The Bertz CT molecular complexity index is 738. The average molecular weight is 287 g/mol. The number of rotatable bonds is 4. The fourth-order valence-corrected chi connectivity index (χ4v) is 3.14. The molecule has 1 aromatic heterocycles. The van der Waals surface area contributed by atoms with Crippen molar-refractivity contribution in [2.24, 2.45) is 0 Å². The van der Waals surface area contributed by atoms with Crippen LogP contribution in [0, 0.1) is 6.92 Å². The highest BCUT2D eigenvalue weighted by atomic mass is 16.4. The van der Waals surface area contributed by atoms with E-state index in [4.69, 9.17) is 0 Å². The van der Waals surface area contributed by atoms with Gasteiger partial charge in [0.15, 0.2) is 5.78 Å². The van der Waals surface area contributed by atoms with Crippen molar-refractivity contribution < 1.29 is 14.7 Å². The van der Waals surface area contributed by atoms with Crippen molar-refractivity contribution in [2.45, 2.75) is 47.1 Å². The average Bonchev–Trinajstić information content (AvgIpc) is 2.69. The second-order valence-electron chi connectivity index (χ2n) is 5.67. The number of aromatic nitrogens is 1. The largest absolute Gasteiger partial charge is 0.478 e. The second-order valence-corrected chi connectivity index (χ2v) is 5.67. The molecule has 0 saturated heterocycles. The first-order valence-electron chi connectivity index (χ1n) is 7.21. The molecule has 0 bridgehead atoms. The molecule has 0 aliphatic carbocycles. The van der Waals surface area contributed by atoms with E-state index in [0.29, 0.717) is 5.56 Å². The number of hydrogen-bond donors (Lipinski definition) is 1. The number of Topliss-reactive ketones (excluding diaryl/α,β-unsaturated/α-hetero) is 1. The minimum Gasteiger partial charge on any atom is -0.478 e. The van der Waals surface area contributed by atoms with Crippen LogP contribution in [0.15, 0.2) is 12.1 Å². The van der Waals surface area contributed by atoms with Crippen molar-refractivity contribution in [3.63, 3.8) is 0 Å². The molecule has 4 heteroatoms. The molecule has 0 unspecified atom stereocenters. The summed E-state index contributed by atoms with van der Waals surface area (Å²) in [7, 11) is 0. The van der Waals surface area contributed by atoms with Gasteiger partial charge >= 0.3 is 5.97 Å². The van der Waals surface area contributed by atoms with Gasteiger partial charge < -0.3 is 9.67 Å². The van der Waals surface area contributed by atoms with E-state index < -0.39 is 5.97 Å². The van der Waals surface area contributed by atoms with Gasteiger partial charge in [-0.2, -0.15) is 0 Å². The standard InChI is InChI=1S/C17H21NO3/c1-6-12-7-13(17(20)21)8-14-15(11(5)19)10(4)18(9(2)3)16(12)14/h7-9H,6H2,1-5H3,(H,20,21). The van der Waals surface area contributed by atoms with Crippen molar-refractivity contribution in [3.05, 3.63) is 34.5 Å². The van der Waals surface area contributed by atoms with Crippen LogP contribution in [0.4, 0.5) is 0 Å². The van der Waals surface area contributed by atoms with Crippen LogP contribution < -0.4 is 0 Å². The highest BCUT2D eigenvalue weighted by Gasteiger charge is 2.22. The molecule has 0 saturated carbocycles. The van der Waals surface area contributed by atoms with Gasteiger partial charge in [0.25, 0.3) is 0 Å². The number of ketones is 1. The Morgan fingerprint density at radius 2 is 1.90 bits per heavy atom. The first-order valence-corrected chi connectivity index (χ1v) is 7.21. The van der Waals surface area contributed by atoms with E-state index in [1.807, 2.05) is 13.8 Å². The van der Waals surface area contributed by atoms with Crippen LogP contribution in [0.1, 0.15) is 65.7 Å². The number of benzene rings is 1. The fourth-order valence-electron chi connectivity index (χ4n) is 3.14. The minimum absolute atomic E-state index is 0.0264. The zero-order valence-corrected chi connectivity index (χ0v) is 13.2. The summed E-state index contributed by atoms with van der Waals surface area (Å²) in [5.41, 5.74) is 3.73. The molecule has 0 atom stereocenters. The Kier molecular flexibility index (Phi) is 3.90. The molecule has 0 fully saturated rings. The van der Waals surface area contributed by atoms with Crippen LogP contribution in [-0.2, 0) is 6.42 Å². The van der Waals surface area contributed by atoms with Crippen LogP contribution in [-0.4, -0.2) is 21.4 Å². The fraction of sp³-hybridized carbons (Fsp3) is 0.412. The maximum atomic E-state index is 12.0. The molecule has 1 aromatic carbocycles. The van der Waals surface area contributed by atoms with Crippen LogP contribution in [0.5, 0.6) is 0 Å². The van der Waals surface area contributed by atoms with Gasteiger partial charge in [0.1, 0.15) is 0 Å². The third kappa shape index (κ3) is 2.35. The van der Waals surface area contributed by atoms with Crippen molar-refractivity contribution in [1.29, 1.82) is 0 Å². The summed E-state index contributed by atoms with van der Waals surface area (Å²) in [5.74, 6) is -0.988. The molecular weight excluding hydrogens is 266 g/mol. The van der Waals surface area contributed by atoms with Gasteiger partial charge in [0, 0.05) is 22.7 Å². The third-order valence-corrected chi connectivity index (χ3v) is 3.92. The number of carbonyl (C=O) groups excluding carboxylic acids is 1. The highest BCUT2D eigenvalue weighted by molar-refractivity contribution is 6.10. The number of carboxylic acid groups (broad SMARTS) is 1. The first-order chi connectivity index (χ1) is 9.79. The maximum Gasteiger partial charge on any atom is 0.335 e. The van der Waals surface area contributed by atoms with Gasteiger partial charge in [-0.25, -0.2) is 4.79 Å². The number of fused-ring (bicyclic) bond motifs is 1. The molecule has 0 radical (unpaired) electrons. The van der Waals surface area contributed by atoms with Gasteiger partial charge in [-0.15, -0.1) is 0 Å². The van der Waals surface area contributed by atoms with Gasteiger partial charge in [0.05, 0.1) is 11.1 Å². The van der Waals surface area contributed by atoms with Gasteiger partial charge in [-0.3, -0.25) is 4.79 Å². The Morgan fingerprint density at radius 1 is 1.29 bits per heavy atom. The SMILES string of the molecule is CCc1cc(C(=O)O)cc2c(C(C)=O)c(C)n(C(C)C)c12. The molecule has 112 valence electrons. The van der Waals surface area contributed by atoms with E-state index >= 15 is 0 Å². The number of aryl methyl sites for hydroxylation is 1. The topological polar surface area (TPSA) is 59.3 Å². The first kappa shape index (κ1) is 15.3. The summed E-state index contributed by atoms with van der Waals surface area (Å²) in [4.78, 5) is 23.4. The van der Waals surface area contributed by atoms with Crippen LogP contribution >= 0.6 is 0 Å². The van der Waals surface area contributed by atoms with E-state index in [-0.39, 0.29) is 17.4 Å². The maximum absolute atomic E-state index is 12.0. The lowest BCUT2D eigenvalue weighted by Crippen LogP contribution is -2.06. The van der Waals surface area contributed by atoms with E-state index in [9.17, 15) is 14.7 Å². The highest BCUT2D eigenvalue weighted by Crippen LogP contribution is 2.33. The van der Waals surface area contributed by atoms with Crippen molar-refractivity contribution in [2.75, 3.05) is 0 Å². The summed E-state index contributed by atoms with van der Waals surface area (Å²) in [6.07, 6.45) is 0.727. The zero-order chi connectivity index (χ0) is 15.9. The molecule has 0 aliphatic heterocycles. The Morgan fingerprint density at radius 3 is 2.33 bits per heavy atom. The summed E-state index contributed by atoms with van der Waals surface area (Å²) >= 11 is 0. The van der Waals surface area contributed by atoms with Crippen molar-refractivity contribution >= 4 is 22.7 Å². The molecule has 1 heterocycles. The third-order valence-electron chi connectivity index (χ3n) is 3.92. The molecule has 4 nitrogen and oxygen atoms in total. The number of nitrogens with zero attached hydrogens (tertiary/aromatic N) is 1. The number of hydrogen-bond acceptors (Lipinski definition) is 2. The zero-order valence-electron chi connectivity index (χ0n) is 13.2. The van der Waals surface area contributed by atoms with Gasteiger partial charge in [-0.05, 0) is 51.8 Å².